The van der Waals surface area contributed by atoms with Gasteiger partial charge in [0.15, 0.2) is 5.79 Å². The van der Waals surface area contributed by atoms with Gasteiger partial charge in [-0.05, 0) is 36.0 Å². The molecule has 2 nitrogen and oxygen atoms in total. The maximum atomic E-state index is 6.73. The highest BCUT2D eigenvalue weighted by atomic mass is 16.7. The lowest BCUT2D eigenvalue weighted by atomic mass is 9.65. The van der Waals surface area contributed by atoms with E-state index in [-0.39, 0.29) is 11.2 Å². The SMILES string of the molecule is CC1(C)C[C@@H]2O[C@]3(CC[C@@H]2C1(C)C)OC[C@@]1(C)C[C@]13C. The summed E-state index contributed by atoms with van der Waals surface area (Å²) in [5.74, 6) is 0.431. The fourth-order valence-electron chi connectivity index (χ4n) is 5.68. The molecule has 2 saturated carbocycles. The molecule has 2 saturated heterocycles. The van der Waals surface area contributed by atoms with E-state index in [4.69, 9.17) is 9.47 Å². The second kappa shape index (κ2) is 3.30. The van der Waals surface area contributed by atoms with Gasteiger partial charge in [-0.15, -0.1) is 0 Å². The summed E-state index contributed by atoms with van der Waals surface area (Å²) in [6.45, 7) is 15.4. The number of hydrogen-bond acceptors (Lipinski definition) is 2. The average Bonchev–Trinajstić information content (AvgIpc) is 2.76. The number of rotatable bonds is 0. The summed E-state index contributed by atoms with van der Waals surface area (Å²) in [6.07, 6.45) is 5.23. The second-order valence-electron chi connectivity index (χ2n) is 9.72. The van der Waals surface area contributed by atoms with Crippen molar-refractivity contribution in [2.24, 2.45) is 27.6 Å². The zero-order chi connectivity index (χ0) is 14.6. The highest BCUT2D eigenvalue weighted by Gasteiger charge is 2.79. The molecule has 20 heavy (non-hydrogen) atoms. The molecule has 4 fully saturated rings. The van der Waals surface area contributed by atoms with Gasteiger partial charge in [0.25, 0.3) is 0 Å². The van der Waals surface area contributed by atoms with E-state index in [1.165, 1.54) is 19.3 Å². The van der Waals surface area contributed by atoms with E-state index in [1.807, 2.05) is 0 Å². The molecule has 2 aliphatic carbocycles. The Morgan fingerprint density at radius 3 is 2.25 bits per heavy atom. The third-order valence-corrected chi connectivity index (χ3v) is 8.37. The van der Waals surface area contributed by atoms with Crippen LogP contribution in [0.15, 0.2) is 0 Å². The van der Waals surface area contributed by atoms with Gasteiger partial charge in [0.05, 0.1) is 12.7 Å². The van der Waals surface area contributed by atoms with Gasteiger partial charge in [-0.3, -0.25) is 0 Å². The molecule has 0 aromatic heterocycles. The third kappa shape index (κ3) is 1.26. The van der Waals surface area contributed by atoms with Crippen molar-refractivity contribution in [1.29, 1.82) is 0 Å². The lowest BCUT2D eigenvalue weighted by Gasteiger charge is -2.47. The van der Waals surface area contributed by atoms with E-state index in [9.17, 15) is 0 Å². The predicted molar refractivity (Wildman–Crippen MR) is 79.3 cm³/mol. The third-order valence-electron chi connectivity index (χ3n) is 8.37. The predicted octanol–water partition coefficient (Wildman–Crippen LogP) is 4.38. The molecule has 2 aliphatic heterocycles. The van der Waals surface area contributed by atoms with E-state index < -0.39 is 0 Å². The smallest absolute Gasteiger partial charge is 0.174 e. The Hall–Kier alpha value is -0.0800. The topological polar surface area (TPSA) is 18.5 Å². The van der Waals surface area contributed by atoms with Crippen LogP contribution in [0.1, 0.15) is 67.2 Å². The summed E-state index contributed by atoms with van der Waals surface area (Å²) in [6, 6.07) is 0. The van der Waals surface area contributed by atoms with Gasteiger partial charge in [-0.1, -0.05) is 41.5 Å². The van der Waals surface area contributed by atoms with Crippen molar-refractivity contribution in [1.82, 2.24) is 0 Å². The Bertz CT molecular complexity index is 464. The van der Waals surface area contributed by atoms with Crippen LogP contribution in [0.2, 0.25) is 0 Å². The van der Waals surface area contributed by atoms with Crippen LogP contribution in [0.3, 0.4) is 0 Å². The normalized spacial score (nSPS) is 58.5. The van der Waals surface area contributed by atoms with Crippen molar-refractivity contribution in [3.05, 3.63) is 0 Å². The molecule has 5 atom stereocenters. The van der Waals surface area contributed by atoms with Crippen molar-refractivity contribution in [2.75, 3.05) is 6.61 Å². The largest absolute Gasteiger partial charge is 0.349 e. The summed E-state index contributed by atoms with van der Waals surface area (Å²) in [4.78, 5) is 0. The number of hydrogen-bond donors (Lipinski definition) is 0. The number of fused-ring (bicyclic) bond motifs is 3. The minimum Gasteiger partial charge on any atom is -0.349 e. The van der Waals surface area contributed by atoms with E-state index in [2.05, 4.69) is 41.5 Å². The molecule has 114 valence electrons. The van der Waals surface area contributed by atoms with Crippen LogP contribution < -0.4 is 0 Å². The molecule has 1 spiro atoms. The first-order valence-corrected chi connectivity index (χ1v) is 8.39. The van der Waals surface area contributed by atoms with Crippen LogP contribution in [0.4, 0.5) is 0 Å². The minimum atomic E-state index is -0.264. The first-order chi connectivity index (χ1) is 9.07. The zero-order valence-electron chi connectivity index (χ0n) is 14.0. The first kappa shape index (κ1) is 13.6. The Kier molecular flexibility index (Phi) is 2.24. The summed E-state index contributed by atoms with van der Waals surface area (Å²) in [5.41, 5.74) is 1.37. The van der Waals surface area contributed by atoms with E-state index in [1.54, 1.807) is 0 Å². The summed E-state index contributed by atoms with van der Waals surface area (Å²) in [7, 11) is 0. The Morgan fingerprint density at radius 2 is 1.70 bits per heavy atom. The molecular formula is C18H30O2. The van der Waals surface area contributed by atoms with Crippen molar-refractivity contribution < 1.29 is 9.47 Å². The standard InChI is InChI=1S/C18H30O2/c1-14(2)9-13-12(15(14,3)4)7-8-18(20-13)17(6)10-16(17,5)11-19-18/h12-13H,7-11H2,1-6H3/t12-,13-,16+,17+,18-/m0/s1. The van der Waals surface area contributed by atoms with Gasteiger partial charge in [-0.25, -0.2) is 0 Å². The minimum absolute atomic E-state index is 0.264. The number of ether oxygens (including phenoxy) is 2. The zero-order valence-corrected chi connectivity index (χ0v) is 14.0. The summed E-state index contributed by atoms with van der Waals surface area (Å²) >= 11 is 0. The van der Waals surface area contributed by atoms with Crippen molar-refractivity contribution in [2.45, 2.75) is 79.1 Å². The molecule has 0 bridgehead atoms. The van der Waals surface area contributed by atoms with Crippen LogP contribution >= 0.6 is 0 Å². The van der Waals surface area contributed by atoms with Gasteiger partial charge in [0.1, 0.15) is 0 Å². The van der Waals surface area contributed by atoms with E-state index in [0.717, 1.165) is 13.0 Å². The van der Waals surface area contributed by atoms with Crippen LogP contribution in [0.25, 0.3) is 0 Å². The second-order valence-corrected chi connectivity index (χ2v) is 9.72. The molecule has 4 aliphatic rings. The maximum absolute atomic E-state index is 6.73. The Morgan fingerprint density at radius 1 is 1.00 bits per heavy atom. The monoisotopic (exact) mass is 278 g/mol. The van der Waals surface area contributed by atoms with Gasteiger partial charge >= 0.3 is 0 Å². The molecule has 0 radical (unpaired) electrons. The van der Waals surface area contributed by atoms with Gasteiger partial charge < -0.3 is 9.47 Å². The molecule has 0 amide bonds. The molecule has 4 rings (SSSR count). The van der Waals surface area contributed by atoms with Crippen molar-refractivity contribution in [3.8, 4) is 0 Å². The molecule has 2 heteroatoms. The maximum Gasteiger partial charge on any atom is 0.174 e. The summed E-state index contributed by atoms with van der Waals surface area (Å²) in [5, 5.41) is 0. The quantitative estimate of drug-likeness (QED) is 0.654. The lowest BCUT2D eigenvalue weighted by Crippen LogP contribution is -2.50. The summed E-state index contributed by atoms with van der Waals surface area (Å²) < 4.78 is 13.0. The van der Waals surface area contributed by atoms with Gasteiger partial charge in [-0.2, -0.15) is 0 Å². The first-order valence-electron chi connectivity index (χ1n) is 8.39. The highest BCUT2D eigenvalue weighted by molar-refractivity contribution is 5.22. The molecular weight excluding hydrogens is 248 g/mol. The fourth-order valence-corrected chi connectivity index (χ4v) is 5.68. The van der Waals surface area contributed by atoms with Crippen LogP contribution in [-0.4, -0.2) is 18.5 Å². The Balaban J connectivity index is 1.64. The molecule has 0 aromatic rings. The van der Waals surface area contributed by atoms with Crippen LogP contribution in [-0.2, 0) is 9.47 Å². The van der Waals surface area contributed by atoms with Gasteiger partial charge in [0.2, 0.25) is 0 Å². The molecule has 0 aromatic carbocycles. The van der Waals surface area contributed by atoms with Gasteiger partial charge in [0, 0.05) is 17.3 Å². The average molecular weight is 278 g/mol. The fraction of sp³-hybridized carbons (Fsp3) is 1.00. The van der Waals surface area contributed by atoms with Crippen molar-refractivity contribution in [3.63, 3.8) is 0 Å². The van der Waals surface area contributed by atoms with E-state index >= 15 is 0 Å². The molecule has 0 N–H and O–H groups in total. The lowest BCUT2D eigenvalue weighted by molar-refractivity contribution is -0.301. The van der Waals surface area contributed by atoms with Crippen molar-refractivity contribution >= 4 is 0 Å². The molecule has 0 unspecified atom stereocenters. The Labute approximate surface area is 123 Å². The molecule has 2 heterocycles. The van der Waals surface area contributed by atoms with Crippen LogP contribution in [0, 0.1) is 27.6 Å². The van der Waals surface area contributed by atoms with Crippen LogP contribution in [0.5, 0.6) is 0 Å². The van der Waals surface area contributed by atoms with E-state index in [0.29, 0.717) is 28.3 Å². The highest BCUT2D eigenvalue weighted by Crippen LogP contribution is 2.77.